The number of halogens is 1. The van der Waals surface area contributed by atoms with Gasteiger partial charge in [0.25, 0.3) is 0 Å². The summed E-state index contributed by atoms with van der Waals surface area (Å²) in [5.74, 6) is 2.16. The first kappa shape index (κ1) is 15.2. The first-order valence-corrected chi connectivity index (χ1v) is 6.82. The lowest BCUT2D eigenvalue weighted by Crippen LogP contribution is -2.25. The number of nitrogens with one attached hydrogen (secondary N) is 1. The minimum Gasteiger partial charge on any atom is -0.367 e. The van der Waals surface area contributed by atoms with Crippen LogP contribution in [-0.4, -0.2) is 16.0 Å². The monoisotopic (exact) mass is 269 g/mol. The topological polar surface area (TPSA) is 37.8 Å². The van der Waals surface area contributed by atoms with Crippen molar-refractivity contribution in [2.75, 3.05) is 5.32 Å². The van der Waals surface area contributed by atoms with E-state index in [1.807, 2.05) is 6.92 Å². The van der Waals surface area contributed by atoms with Crippen LogP contribution in [0.25, 0.3) is 0 Å². The molecule has 0 saturated heterocycles. The molecule has 0 aromatic carbocycles. The summed E-state index contributed by atoms with van der Waals surface area (Å²) in [4.78, 5) is 8.99. The molecule has 0 fully saturated rings. The Kier molecular flexibility index (Phi) is 4.60. The van der Waals surface area contributed by atoms with Crippen molar-refractivity contribution in [2.45, 2.75) is 59.9 Å². The Bertz CT molecular complexity index is 422. The Morgan fingerprint density at radius 1 is 1.11 bits per heavy atom. The van der Waals surface area contributed by atoms with Gasteiger partial charge in [0.15, 0.2) is 0 Å². The molecule has 1 atom stereocenters. The lowest BCUT2D eigenvalue weighted by molar-refractivity contribution is 0.537. The van der Waals surface area contributed by atoms with Crippen molar-refractivity contribution < 1.29 is 0 Å². The Morgan fingerprint density at radius 3 is 2.11 bits per heavy atom. The quantitative estimate of drug-likeness (QED) is 0.836. The molecule has 0 aliphatic rings. The average Bonchev–Trinajstić information content (AvgIpc) is 2.22. The van der Waals surface area contributed by atoms with Gasteiger partial charge in [0.2, 0.25) is 0 Å². The van der Waals surface area contributed by atoms with Gasteiger partial charge in [-0.05, 0) is 19.8 Å². The molecule has 1 aromatic heterocycles. The number of nitrogens with zero attached hydrogens (tertiary/aromatic N) is 2. The zero-order chi connectivity index (χ0) is 14.1. The summed E-state index contributed by atoms with van der Waals surface area (Å²) in [6.45, 7) is 14.7. The van der Waals surface area contributed by atoms with E-state index < -0.39 is 0 Å². The van der Waals surface area contributed by atoms with Gasteiger partial charge in [0.1, 0.15) is 16.8 Å². The van der Waals surface area contributed by atoms with E-state index in [2.05, 4.69) is 56.8 Å². The van der Waals surface area contributed by atoms with Gasteiger partial charge in [0, 0.05) is 17.0 Å². The SMILES string of the molecule is Cc1c(Cl)nc(C(C)(C)C)nc1NC(C)C(C)C. The van der Waals surface area contributed by atoms with Crippen molar-refractivity contribution in [1.82, 2.24) is 9.97 Å². The molecule has 0 saturated carbocycles. The second-order valence-electron chi connectivity index (χ2n) is 6.24. The van der Waals surface area contributed by atoms with Crippen molar-refractivity contribution in [3.05, 3.63) is 16.5 Å². The first-order valence-electron chi connectivity index (χ1n) is 6.44. The highest BCUT2D eigenvalue weighted by Gasteiger charge is 2.21. The van der Waals surface area contributed by atoms with E-state index in [0.717, 1.165) is 17.2 Å². The third kappa shape index (κ3) is 3.58. The fourth-order valence-corrected chi connectivity index (χ4v) is 1.52. The zero-order valence-electron chi connectivity index (χ0n) is 12.4. The van der Waals surface area contributed by atoms with Crippen LogP contribution in [0.4, 0.5) is 5.82 Å². The molecule has 102 valence electrons. The molecule has 4 heteroatoms. The van der Waals surface area contributed by atoms with Gasteiger partial charge in [0.05, 0.1) is 0 Å². The summed E-state index contributed by atoms with van der Waals surface area (Å²) in [7, 11) is 0. The first-order chi connectivity index (χ1) is 8.12. The molecule has 0 radical (unpaired) electrons. The standard InChI is InChI=1S/C14H24ClN3/c1-8(2)10(4)16-12-9(3)11(15)17-13(18-12)14(5,6)7/h8,10H,1-7H3,(H,16,17,18). The minimum absolute atomic E-state index is 0.102. The van der Waals surface area contributed by atoms with Crippen LogP contribution >= 0.6 is 11.6 Å². The van der Waals surface area contributed by atoms with Crippen molar-refractivity contribution in [1.29, 1.82) is 0 Å². The lowest BCUT2D eigenvalue weighted by atomic mass is 9.95. The van der Waals surface area contributed by atoms with Crippen LogP contribution < -0.4 is 5.32 Å². The summed E-state index contributed by atoms with van der Waals surface area (Å²) in [5, 5.41) is 3.96. The lowest BCUT2D eigenvalue weighted by Gasteiger charge is -2.23. The van der Waals surface area contributed by atoms with Crippen LogP contribution in [0.15, 0.2) is 0 Å². The van der Waals surface area contributed by atoms with Gasteiger partial charge < -0.3 is 5.32 Å². The average molecular weight is 270 g/mol. The van der Waals surface area contributed by atoms with E-state index in [-0.39, 0.29) is 5.41 Å². The normalized spacial score (nSPS) is 13.8. The molecule has 1 unspecified atom stereocenters. The van der Waals surface area contributed by atoms with E-state index in [1.54, 1.807) is 0 Å². The number of hydrogen-bond acceptors (Lipinski definition) is 3. The predicted octanol–water partition coefficient (Wildman–Crippen LogP) is 4.19. The van der Waals surface area contributed by atoms with E-state index in [4.69, 9.17) is 11.6 Å². The summed E-state index contributed by atoms with van der Waals surface area (Å²) in [5.41, 5.74) is 0.812. The molecule has 1 rings (SSSR count). The van der Waals surface area contributed by atoms with E-state index in [9.17, 15) is 0 Å². The van der Waals surface area contributed by atoms with E-state index in [1.165, 1.54) is 0 Å². The Morgan fingerprint density at radius 2 is 1.67 bits per heavy atom. The van der Waals surface area contributed by atoms with Gasteiger partial charge in [-0.15, -0.1) is 0 Å². The van der Waals surface area contributed by atoms with Crippen LogP contribution in [0.5, 0.6) is 0 Å². The Hall–Kier alpha value is -0.830. The second-order valence-corrected chi connectivity index (χ2v) is 6.60. The maximum atomic E-state index is 6.20. The van der Waals surface area contributed by atoms with Crippen molar-refractivity contribution >= 4 is 17.4 Å². The summed E-state index contributed by atoms with van der Waals surface area (Å²) in [6, 6.07) is 0.350. The molecule has 1 N–H and O–H groups in total. The van der Waals surface area contributed by atoms with Crippen LogP contribution in [0, 0.1) is 12.8 Å². The molecule has 0 aliphatic heterocycles. The minimum atomic E-state index is -0.102. The highest BCUT2D eigenvalue weighted by molar-refractivity contribution is 6.30. The fraction of sp³-hybridized carbons (Fsp3) is 0.714. The smallest absolute Gasteiger partial charge is 0.137 e. The summed E-state index contributed by atoms with van der Waals surface area (Å²) in [6.07, 6.45) is 0. The molecule has 18 heavy (non-hydrogen) atoms. The fourth-order valence-electron chi connectivity index (χ4n) is 1.35. The van der Waals surface area contributed by atoms with Crippen LogP contribution in [0.2, 0.25) is 5.15 Å². The molecular formula is C14H24ClN3. The number of anilines is 1. The Balaban J connectivity index is 3.15. The molecule has 1 heterocycles. The van der Waals surface area contributed by atoms with Crippen LogP contribution in [0.1, 0.15) is 52.9 Å². The molecule has 0 aliphatic carbocycles. The molecule has 1 aromatic rings. The van der Waals surface area contributed by atoms with Gasteiger partial charge >= 0.3 is 0 Å². The zero-order valence-corrected chi connectivity index (χ0v) is 13.2. The largest absolute Gasteiger partial charge is 0.367 e. The van der Waals surface area contributed by atoms with Gasteiger partial charge in [-0.3, -0.25) is 0 Å². The van der Waals surface area contributed by atoms with Gasteiger partial charge in [-0.2, -0.15) is 0 Å². The number of aromatic nitrogens is 2. The molecule has 0 spiro atoms. The Labute approximate surface area is 115 Å². The highest BCUT2D eigenvalue weighted by Crippen LogP contribution is 2.26. The summed E-state index contributed by atoms with van der Waals surface area (Å²) >= 11 is 6.20. The van der Waals surface area contributed by atoms with Crippen LogP contribution in [0.3, 0.4) is 0 Å². The second kappa shape index (κ2) is 5.43. The van der Waals surface area contributed by atoms with Crippen molar-refractivity contribution in [3.63, 3.8) is 0 Å². The molecule has 0 bridgehead atoms. The summed E-state index contributed by atoms with van der Waals surface area (Å²) < 4.78 is 0. The van der Waals surface area contributed by atoms with Gasteiger partial charge in [-0.1, -0.05) is 46.2 Å². The van der Waals surface area contributed by atoms with Gasteiger partial charge in [-0.25, -0.2) is 9.97 Å². The highest BCUT2D eigenvalue weighted by atomic mass is 35.5. The maximum absolute atomic E-state index is 6.20. The van der Waals surface area contributed by atoms with Crippen molar-refractivity contribution in [2.24, 2.45) is 5.92 Å². The third-order valence-electron chi connectivity index (χ3n) is 3.12. The molecule has 0 amide bonds. The van der Waals surface area contributed by atoms with E-state index >= 15 is 0 Å². The van der Waals surface area contributed by atoms with Crippen LogP contribution in [-0.2, 0) is 5.41 Å². The number of hydrogen-bond donors (Lipinski definition) is 1. The third-order valence-corrected chi connectivity index (χ3v) is 3.49. The van der Waals surface area contributed by atoms with E-state index in [0.29, 0.717) is 17.1 Å². The van der Waals surface area contributed by atoms with Crippen molar-refractivity contribution in [3.8, 4) is 0 Å². The molecular weight excluding hydrogens is 246 g/mol. The molecule has 3 nitrogen and oxygen atoms in total. The maximum Gasteiger partial charge on any atom is 0.137 e. The number of rotatable bonds is 3. The predicted molar refractivity (Wildman–Crippen MR) is 78.4 cm³/mol.